The van der Waals surface area contributed by atoms with Crippen molar-refractivity contribution in [1.29, 1.82) is 0 Å². The highest BCUT2D eigenvalue weighted by Gasteiger charge is 2.05. The molecule has 4 nitrogen and oxygen atoms in total. The molecule has 1 rings (SSSR count). The van der Waals surface area contributed by atoms with Crippen molar-refractivity contribution in [2.24, 2.45) is 4.99 Å². The van der Waals surface area contributed by atoms with Gasteiger partial charge < -0.3 is 15.0 Å². The number of aryl methyl sites for hydroxylation is 1. The fourth-order valence-corrected chi connectivity index (χ4v) is 2.57. The highest BCUT2D eigenvalue weighted by Crippen LogP contribution is 2.15. The number of nitrogens with zero attached hydrogens (tertiary/aromatic N) is 2. The summed E-state index contributed by atoms with van der Waals surface area (Å²) in [4.78, 5) is 6.42. The van der Waals surface area contributed by atoms with Crippen LogP contribution in [-0.2, 0) is 0 Å². The molecular formula is C17H29N3OS. The summed E-state index contributed by atoms with van der Waals surface area (Å²) in [7, 11) is 3.86. The number of guanidine groups is 1. The van der Waals surface area contributed by atoms with Crippen LogP contribution >= 0.6 is 11.8 Å². The lowest BCUT2D eigenvalue weighted by Crippen LogP contribution is -2.41. The lowest BCUT2D eigenvalue weighted by Gasteiger charge is -2.22. The number of thioether (sulfide) groups is 1. The SMILES string of the molecule is CN=C(NCCCCSC)N(C)CCOc1ccccc1C. The van der Waals surface area contributed by atoms with E-state index in [1.165, 1.54) is 24.2 Å². The van der Waals surface area contributed by atoms with Crippen LogP contribution in [0.4, 0.5) is 0 Å². The van der Waals surface area contributed by atoms with Crippen molar-refractivity contribution in [2.75, 3.05) is 45.8 Å². The maximum atomic E-state index is 5.83. The van der Waals surface area contributed by atoms with Crippen molar-refractivity contribution in [1.82, 2.24) is 10.2 Å². The quantitative estimate of drug-likeness (QED) is 0.430. The molecule has 0 heterocycles. The van der Waals surface area contributed by atoms with Crippen LogP contribution in [0.5, 0.6) is 5.75 Å². The number of benzene rings is 1. The van der Waals surface area contributed by atoms with Crippen molar-refractivity contribution in [3.8, 4) is 5.75 Å². The van der Waals surface area contributed by atoms with E-state index in [0.717, 1.165) is 24.8 Å². The molecule has 0 fully saturated rings. The molecule has 0 spiro atoms. The van der Waals surface area contributed by atoms with E-state index in [1.807, 2.05) is 44.1 Å². The average molecular weight is 324 g/mol. The Kier molecular flexibility index (Phi) is 9.55. The molecule has 0 aliphatic carbocycles. The fourth-order valence-electron chi connectivity index (χ4n) is 2.07. The van der Waals surface area contributed by atoms with E-state index in [-0.39, 0.29) is 0 Å². The van der Waals surface area contributed by atoms with E-state index >= 15 is 0 Å². The van der Waals surface area contributed by atoms with Crippen LogP contribution in [0, 0.1) is 6.92 Å². The largest absolute Gasteiger partial charge is 0.491 e. The molecule has 1 aromatic carbocycles. The molecule has 124 valence electrons. The van der Waals surface area contributed by atoms with Gasteiger partial charge in [0, 0.05) is 20.6 Å². The topological polar surface area (TPSA) is 36.9 Å². The lowest BCUT2D eigenvalue weighted by atomic mass is 10.2. The van der Waals surface area contributed by atoms with Crippen molar-refractivity contribution in [2.45, 2.75) is 19.8 Å². The molecular weight excluding hydrogens is 294 g/mol. The summed E-state index contributed by atoms with van der Waals surface area (Å²) in [5.41, 5.74) is 1.17. The zero-order valence-corrected chi connectivity index (χ0v) is 15.1. The third-order valence-corrected chi connectivity index (χ3v) is 4.11. The first-order chi connectivity index (χ1) is 10.7. The Morgan fingerprint density at radius 2 is 2.09 bits per heavy atom. The maximum Gasteiger partial charge on any atom is 0.193 e. The van der Waals surface area contributed by atoms with Gasteiger partial charge in [0.05, 0.1) is 6.54 Å². The van der Waals surface area contributed by atoms with Crippen LogP contribution in [0.2, 0.25) is 0 Å². The molecule has 0 bridgehead atoms. The minimum Gasteiger partial charge on any atom is -0.491 e. The zero-order chi connectivity index (χ0) is 16.2. The van der Waals surface area contributed by atoms with Gasteiger partial charge in [0.25, 0.3) is 0 Å². The van der Waals surface area contributed by atoms with Crippen molar-refractivity contribution >= 4 is 17.7 Å². The highest BCUT2D eigenvalue weighted by molar-refractivity contribution is 7.98. The van der Waals surface area contributed by atoms with Crippen LogP contribution in [-0.4, -0.2) is 56.7 Å². The first-order valence-corrected chi connectivity index (χ1v) is 9.17. The molecule has 0 aliphatic heterocycles. The molecule has 0 aliphatic rings. The van der Waals surface area contributed by atoms with Crippen LogP contribution < -0.4 is 10.1 Å². The molecule has 0 atom stereocenters. The number of rotatable bonds is 9. The number of ether oxygens (including phenoxy) is 1. The third-order valence-electron chi connectivity index (χ3n) is 3.41. The van der Waals surface area contributed by atoms with Crippen LogP contribution in [0.25, 0.3) is 0 Å². The Morgan fingerprint density at radius 3 is 2.77 bits per heavy atom. The number of likely N-dealkylation sites (N-methyl/N-ethyl adjacent to an activating group) is 1. The zero-order valence-electron chi connectivity index (χ0n) is 14.3. The summed E-state index contributed by atoms with van der Waals surface area (Å²) in [5, 5.41) is 3.40. The van der Waals surface area contributed by atoms with Gasteiger partial charge in [-0.25, -0.2) is 0 Å². The molecule has 0 aromatic heterocycles. The standard InChI is InChI=1S/C17H29N3OS/c1-15-9-5-6-10-16(15)21-13-12-20(3)17(18-2)19-11-7-8-14-22-4/h5-6,9-10H,7-8,11-14H2,1-4H3,(H,18,19). The summed E-state index contributed by atoms with van der Waals surface area (Å²) in [5.74, 6) is 3.11. The molecule has 5 heteroatoms. The molecule has 0 saturated heterocycles. The van der Waals surface area contributed by atoms with Crippen molar-refractivity contribution in [3.63, 3.8) is 0 Å². The summed E-state index contributed by atoms with van der Waals surface area (Å²) in [6.45, 7) is 4.48. The van der Waals surface area contributed by atoms with Crippen LogP contribution in [0.15, 0.2) is 29.3 Å². The van der Waals surface area contributed by atoms with Gasteiger partial charge in [-0.1, -0.05) is 18.2 Å². The van der Waals surface area contributed by atoms with Gasteiger partial charge in [-0.05, 0) is 43.4 Å². The Morgan fingerprint density at radius 1 is 1.32 bits per heavy atom. The molecule has 22 heavy (non-hydrogen) atoms. The van der Waals surface area contributed by atoms with Crippen molar-refractivity contribution in [3.05, 3.63) is 29.8 Å². The van der Waals surface area contributed by atoms with Gasteiger partial charge in [0.15, 0.2) is 5.96 Å². The van der Waals surface area contributed by atoms with Gasteiger partial charge in [0.1, 0.15) is 12.4 Å². The van der Waals surface area contributed by atoms with E-state index in [0.29, 0.717) is 6.61 Å². The summed E-state index contributed by atoms with van der Waals surface area (Å²) >= 11 is 1.90. The monoisotopic (exact) mass is 323 g/mol. The number of unbranched alkanes of at least 4 members (excludes halogenated alkanes) is 1. The Labute approximate surface area is 139 Å². The van der Waals surface area contributed by atoms with Gasteiger partial charge in [0.2, 0.25) is 0 Å². The Bertz CT molecular complexity index is 451. The predicted octanol–water partition coefficient (Wildman–Crippen LogP) is 3.02. The second-order valence-corrected chi connectivity index (χ2v) is 6.20. The lowest BCUT2D eigenvalue weighted by molar-refractivity contribution is 0.280. The minimum absolute atomic E-state index is 0.647. The first kappa shape index (κ1) is 18.7. The second-order valence-electron chi connectivity index (χ2n) is 5.21. The number of nitrogens with one attached hydrogen (secondary N) is 1. The Hall–Kier alpha value is -1.36. The normalized spacial score (nSPS) is 11.4. The van der Waals surface area contributed by atoms with Gasteiger partial charge >= 0.3 is 0 Å². The predicted molar refractivity (Wildman–Crippen MR) is 98.3 cm³/mol. The van der Waals surface area contributed by atoms with E-state index in [4.69, 9.17) is 4.74 Å². The molecule has 1 aromatic rings. The van der Waals surface area contributed by atoms with Gasteiger partial charge in [-0.3, -0.25) is 4.99 Å². The summed E-state index contributed by atoms with van der Waals surface area (Å²) in [6, 6.07) is 8.10. The first-order valence-electron chi connectivity index (χ1n) is 7.78. The van der Waals surface area contributed by atoms with Gasteiger partial charge in [-0.15, -0.1) is 0 Å². The summed E-state index contributed by atoms with van der Waals surface area (Å²) < 4.78 is 5.83. The van der Waals surface area contributed by atoms with Gasteiger partial charge in [-0.2, -0.15) is 11.8 Å². The number of hydrogen-bond acceptors (Lipinski definition) is 3. The van der Waals surface area contributed by atoms with Crippen LogP contribution in [0.3, 0.4) is 0 Å². The number of para-hydroxylation sites is 1. The van der Waals surface area contributed by atoms with E-state index in [1.54, 1.807) is 0 Å². The molecule has 0 unspecified atom stereocenters. The summed E-state index contributed by atoms with van der Waals surface area (Å²) in [6.07, 6.45) is 4.56. The maximum absolute atomic E-state index is 5.83. The molecule has 0 radical (unpaired) electrons. The highest BCUT2D eigenvalue weighted by atomic mass is 32.2. The van der Waals surface area contributed by atoms with E-state index < -0.39 is 0 Å². The fraction of sp³-hybridized carbons (Fsp3) is 0.588. The van der Waals surface area contributed by atoms with Crippen LogP contribution in [0.1, 0.15) is 18.4 Å². The smallest absolute Gasteiger partial charge is 0.193 e. The molecule has 0 amide bonds. The number of hydrogen-bond donors (Lipinski definition) is 1. The van der Waals surface area contributed by atoms with E-state index in [2.05, 4.69) is 34.5 Å². The molecule has 0 saturated carbocycles. The Balaban J connectivity index is 2.27. The minimum atomic E-state index is 0.647. The second kappa shape index (κ2) is 11.2. The number of aliphatic imine (C=N–C) groups is 1. The molecule has 1 N–H and O–H groups in total. The van der Waals surface area contributed by atoms with E-state index in [9.17, 15) is 0 Å². The third kappa shape index (κ3) is 7.07. The average Bonchev–Trinajstić information content (AvgIpc) is 2.52. The van der Waals surface area contributed by atoms with Crippen molar-refractivity contribution < 1.29 is 4.74 Å².